The van der Waals surface area contributed by atoms with Crippen molar-refractivity contribution in [1.82, 2.24) is 5.32 Å². The van der Waals surface area contributed by atoms with Crippen molar-refractivity contribution in [1.29, 1.82) is 0 Å². The van der Waals surface area contributed by atoms with Crippen molar-refractivity contribution in [3.63, 3.8) is 0 Å². The Morgan fingerprint density at radius 3 is 2.93 bits per heavy atom. The third kappa shape index (κ3) is 3.69. The van der Waals surface area contributed by atoms with Crippen LogP contribution in [-0.2, 0) is 4.74 Å². The molecule has 2 atom stereocenters. The van der Waals surface area contributed by atoms with Crippen LogP contribution in [0, 0.1) is 17.8 Å². The van der Waals surface area contributed by atoms with Gasteiger partial charge in [-0.15, -0.1) is 5.92 Å². The molecule has 2 nitrogen and oxygen atoms in total. The molecule has 0 spiro atoms. The minimum Gasteiger partial charge on any atom is -0.378 e. The van der Waals surface area contributed by atoms with Crippen molar-refractivity contribution in [3.8, 4) is 11.8 Å². The molecule has 1 saturated heterocycles. The SMILES string of the molecule is CC#CCNC1CCOC(C(C)C)C1. The molecule has 0 aromatic heterocycles. The molecule has 0 amide bonds. The van der Waals surface area contributed by atoms with Crippen LogP contribution in [0.5, 0.6) is 0 Å². The van der Waals surface area contributed by atoms with E-state index in [0.29, 0.717) is 18.1 Å². The minimum absolute atomic E-state index is 0.427. The van der Waals surface area contributed by atoms with Crippen LogP contribution in [0.2, 0.25) is 0 Å². The molecule has 1 heterocycles. The van der Waals surface area contributed by atoms with Crippen molar-refractivity contribution in [3.05, 3.63) is 0 Å². The molecular weight excluding hydrogens is 174 g/mol. The molecule has 0 aliphatic carbocycles. The lowest BCUT2D eigenvalue weighted by molar-refractivity contribution is -0.0237. The zero-order valence-electron chi connectivity index (χ0n) is 9.47. The van der Waals surface area contributed by atoms with E-state index < -0.39 is 0 Å². The van der Waals surface area contributed by atoms with Gasteiger partial charge in [0.15, 0.2) is 0 Å². The van der Waals surface area contributed by atoms with Gasteiger partial charge in [-0.05, 0) is 25.7 Å². The van der Waals surface area contributed by atoms with Crippen molar-refractivity contribution in [2.45, 2.75) is 45.8 Å². The fourth-order valence-electron chi connectivity index (χ4n) is 1.76. The van der Waals surface area contributed by atoms with Gasteiger partial charge in [-0.2, -0.15) is 0 Å². The first kappa shape index (κ1) is 11.6. The maximum atomic E-state index is 5.70. The van der Waals surface area contributed by atoms with Gasteiger partial charge >= 0.3 is 0 Å². The monoisotopic (exact) mass is 195 g/mol. The smallest absolute Gasteiger partial charge is 0.0612 e. The predicted molar refractivity (Wildman–Crippen MR) is 59.1 cm³/mol. The average Bonchev–Trinajstić information content (AvgIpc) is 2.19. The van der Waals surface area contributed by atoms with E-state index in [4.69, 9.17) is 4.74 Å². The van der Waals surface area contributed by atoms with Crippen LogP contribution in [0.4, 0.5) is 0 Å². The Balaban J connectivity index is 2.27. The lowest BCUT2D eigenvalue weighted by atomic mass is 9.95. The molecule has 1 aliphatic heterocycles. The first-order valence-electron chi connectivity index (χ1n) is 5.48. The van der Waals surface area contributed by atoms with Gasteiger partial charge in [0.25, 0.3) is 0 Å². The lowest BCUT2D eigenvalue weighted by Gasteiger charge is -2.32. The lowest BCUT2D eigenvalue weighted by Crippen LogP contribution is -2.40. The van der Waals surface area contributed by atoms with Crippen LogP contribution in [-0.4, -0.2) is 25.3 Å². The van der Waals surface area contributed by atoms with Gasteiger partial charge in [0, 0.05) is 12.6 Å². The van der Waals surface area contributed by atoms with Crippen LogP contribution in [0.1, 0.15) is 33.6 Å². The highest BCUT2D eigenvalue weighted by molar-refractivity contribution is 4.98. The second-order valence-corrected chi connectivity index (χ2v) is 4.18. The van der Waals surface area contributed by atoms with Crippen LogP contribution in [0.25, 0.3) is 0 Å². The van der Waals surface area contributed by atoms with E-state index in [-0.39, 0.29) is 0 Å². The summed E-state index contributed by atoms with van der Waals surface area (Å²) in [6.07, 6.45) is 2.67. The van der Waals surface area contributed by atoms with Crippen molar-refractivity contribution in [2.24, 2.45) is 5.92 Å². The molecule has 14 heavy (non-hydrogen) atoms. The Morgan fingerprint density at radius 2 is 2.29 bits per heavy atom. The maximum absolute atomic E-state index is 5.70. The molecule has 0 saturated carbocycles. The summed E-state index contributed by atoms with van der Waals surface area (Å²) in [5, 5.41) is 3.45. The van der Waals surface area contributed by atoms with E-state index in [9.17, 15) is 0 Å². The van der Waals surface area contributed by atoms with Crippen LogP contribution in [0.15, 0.2) is 0 Å². The summed E-state index contributed by atoms with van der Waals surface area (Å²) < 4.78 is 5.70. The molecular formula is C12H21NO. The van der Waals surface area contributed by atoms with E-state index in [2.05, 4.69) is 31.0 Å². The van der Waals surface area contributed by atoms with Gasteiger partial charge in [0.1, 0.15) is 0 Å². The van der Waals surface area contributed by atoms with E-state index in [1.807, 2.05) is 6.92 Å². The van der Waals surface area contributed by atoms with E-state index in [1.54, 1.807) is 0 Å². The Hall–Kier alpha value is -0.520. The second kappa shape index (κ2) is 6.06. The Morgan fingerprint density at radius 1 is 1.50 bits per heavy atom. The summed E-state index contributed by atoms with van der Waals surface area (Å²) in [6, 6.07) is 0.594. The van der Waals surface area contributed by atoms with Crippen molar-refractivity contribution < 1.29 is 4.74 Å². The van der Waals surface area contributed by atoms with Crippen LogP contribution in [0.3, 0.4) is 0 Å². The summed E-state index contributed by atoms with van der Waals surface area (Å²) in [5.74, 6) is 6.56. The van der Waals surface area contributed by atoms with E-state index in [1.165, 1.54) is 0 Å². The van der Waals surface area contributed by atoms with Crippen molar-refractivity contribution >= 4 is 0 Å². The van der Waals surface area contributed by atoms with Gasteiger partial charge in [-0.25, -0.2) is 0 Å². The van der Waals surface area contributed by atoms with Crippen LogP contribution < -0.4 is 5.32 Å². The molecule has 0 aromatic rings. The third-order valence-electron chi connectivity index (χ3n) is 2.71. The van der Waals surface area contributed by atoms with Gasteiger partial charge in [-0.3, -0.25) is 0 Å². The average molecular weight is 195 g/mol. The molecule has 2 heteroatoms. The highest BCUT2D eigenvalue weighted by Crippen LogP contribution is 2.19. The fourth-order valence-corrected chi connectivity index (χ4v) is 1.76. The van der Waals surface area contributed by atoms with E-state index in [0.717, 1.165) is 26.0 Å². The van der Waals surface area contributed by atoms with Crippen LogP contribution >= 0.6 is 0 Å². The quantitative estimate of drug-likeness (QED) is 0.693. The largest absolute Gasteiger partial charge is 0.378 e. The molecule has 1 N–H and O–H groups in total. The highest BCUT2D eigenvalue weighted by Gasteiger charge is 2.23. The zero-order chi connectivity index (χ0) is 10.4. The summed E-state index contributed by atoms with van der Waals surface area (Å²) in [4.78, 5) is 0. The predicted octanol–water partition coefficient (Wildman–Crippen LogP) is 1.80. The Bertz CT molecular complexity index is 214. The molecule has 80 valence electrons. The molecule has 1 rings (SSSR count). The number of rotatable bonds is 3. The summed E-state index contributed by atoms with van der Waals surface area (Å²) in [7, 11) is 0. The normalized spacial score (nSPS) is 27.1. The molecule has 1 aliphatic rings. The zero-order valence-corrected chi connectivity index (χ0v) is 9.47. The Labute approximate surface area is 87.4 Å². The topological polar surface area (TPSA) is 21.3 Å². The van der Waals surface area contributed by atoms with Gasteiger partial charge in [0.2, 0.25) is 0 Å². The summed E-state index contributed by atoms with van der Waals surface area (Å²) in [6.45, 7) is 8.02. The summed E-state index contributed by atoms with van der Waals surface area (Å²) in [5.41, 5.74) is 0. The Kier molecular flexibility index (Phi) is 5.00. The van der Waals surface area contributed by atoms with Gasteiger partial charge in [-0.1, -0.05) is 19.8 Å². The molecule has 1 fully saturated rings. The fraction of sp³-hybridized carbons (Fsp3) is 0.833. The number of hydrogen-bond donors (Lipinski definition) is 1. The maximum Gasteiger partial charge on any atom is 0.0612 e. The van der Waals surface area contributed by atoms with Gasteiger partial charge < -0.3 is 10.1 Å². The minimum atomic E-state index is 0.427. The first-order valence-corrected chi connectivity index (χ1v) is 5.48. The number of hydrogen-bond acceptors (Lipinski definition) is 2. The standard InChI is InChI=1S/C12H21NO/c1-4-5-7-13-11-6-8-14-12(9-11)10(2)3/h10-13H,6-9H2,1-3H3. The molecule has 2 unspecified atom stereocenters. The number of ether oxygens (including phenoxy) is 1. The highest BCUT2D eigenvalue weighted by atomic mass is 16.5. The van der Waals surface area contributed by atoms with E-state index >= 15 is 0 Å². The summed E-state index contributed by atoms with van der Waals surface area (Å²) >= 11 is 0. The first-order chi connectivity index (χ1) is 6.74. The van der Waals surface area contributed by atoms with Gasteiger partial charge in [0.05, 0.1) is 12.6 Å². The second-order valence-electron chi connectivity index (χ2n) is 4.18. The third-order valence-corrected chi connectivity index (χ3v) is 2.71. The van der Waals surface area contributed by atoms with Crippen molar-refractivity contribution in [2.75, 3.05) is 13.2 Å². The molecule has 0 bridgehead atoms. The molecule has 0 radical (unpaired) electrons. The number of nitrogens with one attached hydrogen (secondary N) is 1. The molecule has 0 aromatic carbocycles.